The first-order valence-electron chi connectivity index (χ1n) is 6.61. The molecule has 0 spiro atoms. The first kappa shape index (κ1) is 14.5. The van der Waals surface area contributed by atoms with Crippen LogP contribution >= 0.6 is 15.9 Å². The van der Waals surface area contributed by atoms with Crippen LogP contribution in [0.25, 0.3) is 11.3 Å². The fourth-order valence-corrected chi connectivity index (χ4v) is 2.51. The third-order valence-electron chi connectivity index (χ3n) is 3.10. The van der Waals surface area contributed by atoms with Gasteiger partial charge in [0, 0.05) is 22.4 Å². The normalized spacial score (nSPS) is 10.4. The maximum atomic E-state index is 12.2. The van der Waals surface area contributed by atoms with Gasteiger partial charge in [-0.05, 0) is 34.1 Å². The number of furan rings is 1. The van der Waals surface area contributed by atoms with Crippen LogP contribution in [0.5, 0.6) is 0 Å². The standard InChI is InChI=1S/C16H12BrN3O2/c17-13-4-2-1-3-12(13)16(21)20-9-14-15(19-7-6-18-14)11-5-8-22-10-11/h1-8,10H,9H2,(H,20,21). The van der Waals surface area contributed by atoms with Crippen molar-refractivity contribution in [1.29, 1.82) is 0 Å². The summed E-state index contributed by atoms with van der Waals surface area (Å²) in [6, 6.07) is 9.07. The van der Waals surface area contributed by atoms with E-state index in [0.717, 1.165) is 10.0 Å². The lowest BCUT2D eigenvalue weighted by Crippen LogP contribution is -2.24. The lowest BCUT2D eigenvalue weighted by atomic mass is 10.1. The fourth-order valence-electron chi connectivity index (χ4n) is 2.04. The maximum Gasteiger partial charge on any atom is 0.252 e. The molecular weight excluding hydrogens is 346 g/mol. The monoisotopic (exact) mass is 357 g/mol. The average molecular weight is 358 g/mol. The zero-order valence-corrected chi connectivity index (χ0v) is 13.1. The van der Waals surface area contributed by atoms with Gasteiger partial charge in [-0.1, -0.05) is 12.1 Å². The van der Waals surface area contributed by atoms with E-state index < -0.39 is 0 Å². The largest absolute Gasteiger partial charge is 0.472 e. The SMILES string of the molecule is O=C(NCc1nccnc1-c1ccoc1)c1ccccc1Br. The van der Waals surface area contributed by atoms with Crippen molar-refractivity contribution < 1.29 is 9.21 Å². The molecule has 2 aromatic heterocycles. The number of carbonyl (C=O) groups excluding carboxylic acids is 1. The molecule has 22 heavy (non-hydrogen) atoms. The molecule has 2 heterocycles. The minimum atomic E-state index is -0.170. The molecule has 0 saturated heterocycles. The highest BCUT2D eigenvalue weighted by Crippen LogP contribution is 2.20. The van der Waals surface area contributed by atoms with E-state index >= 15 is 0 Å². The first-order chi connectivity index (χ1) is 10.8. The predicted octanol–water partition coefficient (Wildman–Crippen LogP) is 3.43. The van der Waals surface area contributed by atoms with Crippen molar-refractivity contribution in [3.8, 4) is 11.3 Å². The minimum Gasteiger partial charge on any atom is -0.472 e. The van der Waals surface area contributed by atoms with Gasteiger partial charge in [0.2, 0.25) is 0 Å². The van der Waals surface area contributed by atoms with Crippen molar-refractivity contribution in [3.63, 3.8) is 0 Å². The lowest BCUT2D eigenvalue weighted by molar-refractivity contribution is 0.0949. The topological polar surface area (TPSA) is 68.0 Å². The molecule has 1 N–H and O–H groups in total. The quantitative estimate of drug-likeness (QED) is 0.776. The van der Waals surface area contributed by atoms with Crippen LogP contribution in [0, 0.1) is 0 Å². The van der Waals surface area contributed by atoms with E-state index in [2.05, 4.69) is 31.2 Å². The van der Waals surface area contributed by atoms with Crippen LogP contribution < -0.4 is 5.32 Å². The summed E-state index contributed by atoms with van der Waals surface area (Å²) in [5.74, 6) is -0.170. The number of hydrogen-bond donors (Lipinski definition) is 1. The van der Waals surface area contributed by atoms with Gasteiger partial charge in [0.15, 0.2) is 0 Å². The van der Waals surface area contributed by atoms with Crippen molar-refractivity contribution in [2.75, 3.05) is 0 Å². The predicted molar refractivity (Wildman–Crippen MR) is 85.0 cm³/mol. The molecule has 0 unspecified atom stereocenters. The zero-order valence-electron chi connectivity index (χ0n) is 11.5. The van der Waals surface area contributed by atoms with Crippen LogP contribution in [0.2, 0.25) is 0 Å². The Labute approximate surface area is 135 Å². The van der Waals surface area contributed by atoms with Crippen molar-refractivity contribution in [2.24, 2.45) is 0 Å². The van der Waals surface area contributed by atoms with Crippen LogP contribution in [0.3, 0.4) is 0 Å². The Hall–Kier alpha value is -2.47. The molecule has 0 aliphatic rings. The number of nitrogens with one attached hydrogen (secondary N) is 1. The third kappa shape index (κ3) is 3.07. The Kier molecular flexibility index (Phi) is 4.29. The number of hydrogen-bond acceptors (Lipinski definition) is 4. The van der Waals surface area contributed by atoms with Crippen LogP contribution in [0.1, 0.15) is 16.1 Å². The van der Waals surface area contributed by atoms with E-state index in [-0.39, 0.29) is 12.5 Å². The molecule has 1 amide bonds. The summed E-state index contributed by atoms with van der Waals surface area (Å²) in [5.41, 5.74) is 2.79. The molecule has 0 radical (unpaired) electrons. The lowest BCUT2D eigenvalue weighted by Gasteiger charge is -2.08. The summed E-state index contributed by atoms with van der Waals surface area (Å²) >= 11 is 3.37. The molecule has 6 heteroatoms. The van der Waals surface area contributed by atoms with Gasteiger partial charge in [0.1, 0.15) is 0 Å². The van der Waals surface area contributed by atoms with Crippen molar-refractivity contribution in [1.82, 2.24) is 15.3 Å². The third-order valence-corrected chi connectivity index (χ3v) is 3.80. The van der Waals surface area contributed by atoms with E-state index in [1.54, 1.807) is 31.0 Å². The minimum absolute atomic E-state index is 0.170. The number of aromatic nitrogens is 2. The van der Waals surface area contributed by atoms with Crippen LogP contribution in [0.15, 0.2) is 64.1 Å². The van der Waals surface area contributed by atoms with E-state index in [1.165, 1.54) is 0 Å². The smallest absolute Gasteiger partial charge is 0.252 e. The number of benzene rings is 1. The molecule has 0 bridgehead atoms. The Morgan fingerprint density at radius 3 is 2.77 bits per heavy atom. The fraction of sp³-hybridized carbons (Fsp3) is 0.0625. The summed E-state index contributed by atoms with van der Waals surface area (Å²) in [4.78, 5) is 20.8. The van der Waals surface area contributed by atoms with Crippen molar-refractivity contribution >= 4 is 21.8 Å². The highest BCUT2D eigenvalue weighted by atomic mass is 79.9. The molecule has 0 atom stereocenters. The number of carbonyl (C=O) groups is 1. The second-order valence-corrected chi connectivity index (χ2v) is 5.38. The van der Waals surface area contributed by atoms with Crippen LogP contribution in [-0.2, 0) is 6.54 Å². The molecular formula is C16H12BrN3O2. The van der Waals surface area contributed by atoms with E-state index in [4.69, 9.17) is 4.42 Å². The maximum absolute atomic E-state index is 12.2. The van der Waals surface area contributed by atoms with Crippen molar-refractivity contribution in [3.05, 3.63) is 71.0 Å². The zero-order chi connectivity index (χ0) is 15.4. The van der Waals surface area contributed by atoms with Gasteiger partial charge in [-0.15, -0.1) is 0 Å². The van der Waals surface area contributed by atoms with Crippen molar-refractivity contribution in [2.45, 2.75) is 6.54 Å². The molecule has 3 aromatic rings. The molecule has 0 aliphatic heterocycles. The number of nitrogens with zero attached hydrogens (tertiary/aromatic N) is 2. The highest BCUT2D eigenvalue weighted by Gasteiger charge is 2.12. The molecule has 0 saturated carbocycles. The van der Waals surface area contributed by atoms with E-state index in [0.29, 0.717) is 17.0 Å². The summed E-state index contributed by atoms with van der Waals surface area (Å²) in [6.07, 6.45) is 6.39. The number of rotatable bonds is 4. The molecule has 0 aliphatic carbocycles. The second kappa shape index (κ2) is 6.53. The molecule has 3 rings (SSSR count). The van der Waals surface area contributed by atoms with Gasteiger partial charge in [-0.3, -0.25) is 14.8 Å². The van der Waals surface area contributed by atoms with Crippen LogP contribution in [0.4, 0.5) is 0 Å². The second-order valence-electron chi connectivity index (χ2n) is 4.53. The molecule has 110 valence electrons. The Balaban J connectivity index is 1.78. The highest BCUT2D eigenvalue weighted by molar-refractivity contribution is 9.10. The Morgan fingerprint density at radius 1 is 1.18 bits per heavy atom. The average Bonchev–Trinajstić information content (AvgIpc) is 3.07. The van der Waals surface area contributed by atoms with Gasteiger partial charge in [-0.25, -0.2) is 0 Å². The van der Waals surface area contributed by atoms with Gasteiger partial charge in [0.05, 0.1) is 36.0 Å². The Morgan fingerprint density at radius 2 is 2.00 bits per heavy atom. The number of halogens is 1. The van der Waals surface area contributed by atoms with Gasteiger partial charge in [-0.2, -0.15) is 0 Å². The Bertz CT molecular complexity index is 788. The summed E-state index contributed by atoms with van der Waals surface area (Å²) in [7, 11) is 0. The molecule has 1 aromatic carbocycles. The summed E-state index contributed by atoms with van der Waals surface area (Å²) in [5, 5.41) is 2.86. The molecule has 5 nitrogen and oxygen atoms in total. The van der Waals surface area contributed by atoms with Gasteiger partial charge < -0.3 is 9.73 Å². The summed E-state index contributed by atoms with van der Waals surface area (Å²) < 4.78 is 5.82. The van der Waals surface area contributed by atoms with Crippen LogP contribution in [-0.4, -0.2) is 15.9 Å². The number of amides is 1. The van der Waals surface area contributed by atoms with Gasteiger partial charge >= 0.3 is 0 Å². The van der Waals surface area contributed by atoms with E-state index in [9.17, 15) is 4.79 Å². The van der Waals surface area contributed by atoms with Gasteiger partial charge in [0.25, 0.3) is 5.91 Å². The van der Waals surface area contributed by atoms with E-state index in [1.807, 2.05) is 24.3 Å². The summed E-state index contributed by atoms with van der Waals surface area (Å²) in [6.45, 7) is 0.286. The first-order valence-corrected chi connectivity index (χ1v) is 7.40. The molecule has 0 fully saturated rings.